The number of nitrogens with one attached hydrogen (secondary N) is 2. The fourth-order valence-corrected chi connectivity index (χ4v) is 5.37. The first-order valence-corrected chi connectivity index (χ1v) is 12.4. The van der Waals surface area contributed by atoms with Crippen LogP contribution < -0.4 is 16.4 Å². The molecule has 1 aliphatic rings. The van der Waals surface area contributed by atoms with E-state index in [9.17, 15) is 22.8 Å². The summed E-state index contributed by atoms with van der Waals surface area (Å²) in [7, 11) is 0. The molecular formula is C23H12Cl6F3N3O2. The molecule has 1 fully saturated rings. The summed E-state index contributed by atoms with van der Waals surface area (Å²) in [6, 6.07) is 6.59. The van der Waals surface area contributed by atoms with Crippen molar-refractivity contribution in [1.29, 1.82) is 0 Å². The Bertz CT molecular complexity index is 1450. The Morgan fingerprint density at radius 3 is 2.11 bits per heavy atom. The number of nitrogen functional groups attached to an aromatic ring is 1. The Labute approximate surface area is 237 Å². The Balaban J connectivity index is 1.58. The maximum Gasteiger partial charge on any atom is 0.257 e. The van der Waals surface area contributed by atoms with E-state index in [-0.39, 0.29) is 20.8 Å². The van der Waals surface area contributed by atoms with Crippen molar-refractivity contribution >= 4 is 98.5 Å². The molecule has 0 bridgehead atoms. The Hall–Kier alpha value is -2.07. The van der Waals surface area contributed by atoms with E-state index in [1.807, 2.05) is 5.32 Å². The highest BCUT2D eigenvalue weighted by Crippen LogP contribution is 2.65. The third-order valence-electron chi connectivity index (χ3n) is 5.60. The molecule has 1 aliphatic carbocycles. The largest absolute Gasteiger partial charge is 0.396 e. The molecule has 37 heavy (non-hydrogen) atoms. The first-order valence-electron chi connectivity index (χ1n) is 10.1. The molecule has 5 nitrogen and oxygen atoms in total. The number of hydrogen-bond acceptors (Lipinski definition) is 3. The molecule has 14 heteroatoms. The molecule has 3 aromatic carbocycles. The van der Waals surface area contributed by atoms with Crippen LogP contribution in [0.1, 0.15) is 21.8 Å². The molecule has 2 atom stereocenters. The molecule has 0 heterocycles. The first kappa shape index (κ1) is 28.0. The molecule has 4 N–H and O–H groups in total. The van der Waals surface area contributed by atoms with Gasteiger partial charge in [0.05, 0.1) is 37.3 Å². The summed E-state index contributed by atoms with van der Waals surface area (Å²) >= 11 is 36.6. The van der Waals surface area contributed by atoms with Gasteiger partial charge in [-0.05, 0) is 42.0 Å². The van der Waals surface area contributed by atoms with Gasteiger partial charge in [0.1, 0.15) is 21.7 Å². The molecule has 4 rings (SSSR count). The van der Waals surface area contributed by atoms with Crippen molar-refractivity contribution in [3.8, 4) is 0 Å². The number of nitrogens with two attached hydrogens (primary N) is 1. The van der Waals surface area contributed by atoms with Gasteiger partial charge in [0, 0.05) is 11.6 Å². The monoisotopic (exact) mass is 629 g/mol. The minimum atomic E-state index is -1.56. The van der Waals surface area contributed by atoms with E-state index in [1.54, 1.807) is 0 Å². The summed E-state index contributed by atoms with van der Waals surface area (Å²) in [5.41, 5.74) is 3.84. The van der Waals surface area contributed by atoms with Crippen LogP contribution in [0.4, 0.5) is 30.2 Å². The summed E-state index contributed by atoms with van der Waals surface area (Å²) in [4.78, 5) is 25.7. The predicted octanol–water partition coefficient (Wildman–Crippen LogP) is 8.08. The van der Waals surface area contributed by atoms with Gasteiger partial charge < -0.3 is 16.4 Å². The number of rotatable bonds is 5. The van der Waals surface area contributed by atoms with Gasteiger partial charge >= 0.3 is 0 Å². The smallest absolute Gasteiger partial charge is 0.257 e. The molecule has 1 unspecified atom stereocenters. The van der Waals surface area contributed by atoms with Crippen molar-refractivity contribution in [2.75, 3.05) is 16.4 Å². The van der Waals surface area contributed by atoms with E-state index in [0.717, 1.165) is 24.3 Å². The van der Waals surface area contributed by atoms with Crippen LogP contribution >= 0.6 is 69.6 Å². The third-order valence-corrected chi connectivity index (χ3v) is 8.12. The van der Waals surface area contributed by atoms with Gasteiger partial charge in [0.2, 0.25) is 5.91 Å². The van der Waals surface area contributed by atoms with Crippen molar-refractivity contribution in [3.05, 3.63) is 85.1 Å². The molecule has 0 spiro atoms. The van der Waals surface area contributed by atoms with Gasteiger partial charge in [-0.3, -0.25) is 9.59 Å². The lowest BCUT2D eigenvalue weighted by Crippen LogP contribution is -2.19. The van der Waals surface area contributed by atoms with E-state index in [4.69, 9.17) is 75.3 Å². The number of hydrogen-bond donors (Lipinski definition) is 3. The van der Waals surface area contributed by atoms with E-state index in [1.165, 1.54) is 12.1 Å². The zero-order valence-electron chi connectivity index (χ0n) is 17.9. The minimum Gasteiger partial charge on any atom is -0.396 e. The van der Waals surface area contributed by atoms with Crippen molar-refractivity contribution < 1.29 is 22.8 Å². The van der Waals surface area contributed by atoms with Crippen LogP contribution in [-0.4, -0.2) is 16.1 Å². The second-order valence-electron chi connectivity index (χ2n) is 8.02. The maximum absolute atomic E-state index is 14.5. The van der Waals surface area contributed by atoms with E-state index in [0.29, 0.717) is 5.56 Å². The summed E-state index contributed by atoms with van der Waals surface area (Å²) < 4.78 is 41.2. The molecule has 2 amide bonds. The maximum atomic E-state index is 14.5. The highest BCUT2D eigenvalue weighted by Gasteiger charge is 2.67. The molecule has 194 valence electrons. The molecule has 0 saturated heterocycles. The highest BCUT2D eigenvalue weighted by molar-refractivity contribution is 6.54. The SMILES string of the molecule is Nc1ccc(F)c(NC(=O)c2cc(NC(=O)C3[C@H](c4cc(Cl)c(Cl)c(Cl)c4)C3(Cl)Cl)cc(F)c2Cl)c1F. The third kappa shape index (κ3) is 5.28. The van der Waals surface area contributed by atoms with Gasteiger partial charge in [0.25, 0.3) is 5.91 Å². The molecule has 0 aromatic heterocycles. The lowest BCUT2D eigenvalue weighted by molar-refractivity contribution is -0.117. The molecule has 0 radical (unpaired) electrons. The molecule has 3 aromatic rings. The van der Waals surface area contributed by atoms with Crippen molar-refractivity contribution in [2.45, 2.75) is 10.3 Å². The number of carbonyl (C=O) groups is 2. The zero-order valence-corrected chi connectivity index (χ0v) is 22.4. The fraction of sp³-hybridized carbons (Fsp3) is 0.130. The number of carbonyl (C=O) groups excluding carboxylic acids is 2. The van der Waals surface area contributed by atoms with Gasteiger partial charge in [-0.15, -0.1) is 23.2 Å². The average Bonchev–Trinajstić information content (AvgIpc) is 3.41. The summed E-state index contributed by atoms with van der Waals surface area (Å²) in [5.74, 6) is -7.08. The minimum absolute atomic E-state index is 0.115. The van der Waals surface area contributed by atoms with Crippen LogP contribution in [0.5, 0.6) is 0 Å². The number of amides is 2. The fourth-order valence-electron chi connectivity index (χ4n) is 3.73. The van der Waals surface area contributed by atoms with E-state index >= 15 is 0 Å². The van der Waals surface area contributed by atoms with Gasteiger partial charge in [-0.2, -0.15) is 0 Å². The van der Waals surface area contributed by atoms with Crippen LogP contribution in [0.25, 0.3) is 0 Å². The summed E-state index contributed by atoms with van der Waals surface area (Å²) in [5, 5.41) is 4.09. The lowest BCUT2D eigenvalue weighted by Gasteiger charge is -2.12. The van der Waals surface area contributed by atoms with E-state index in [2.05, 4.69) is 5.32 Å². The summed E-state index contributed by atoms with van der Waals surface area (Å²) in [6.45, 7) is 0. The number of halogens is 9. The Morgan fingerprint density at radius 2 is 1.49 bits per heavy atom. The van der Waals surface area contributed by atoms with Crippen molar-refractivity contribution in [1.82, 2.24) is 0 Å². The highest BCUT2D eigenvalue weighted by atomic mass is 35.5. The zero-order chi connectivity index (χ0) is 27.4. The second kappa shape index (κ2) is 10.2. The standard InChI is InChI=1S/C23H12Cl6F3N3O2/c24-10-3-7(4-11(25)18(10)27)15-16(23(15,28)29)22(37)34-8-5-9(17(26)13(31)6-8)21(36)35-20-12(30)1-2-14(33)19(20)32/h1-6,15-16H,33H2,(H,34,37)(H,35,36)/t15-,16?/m0/s1. The Kier molecular flexibility index (Phi) is 7.74. The normalized spacial score (nSPS) is 17.9. The van der Waals surface area contributed by atoms with Gasteiger partial charge in [-0.25, -0.2) is 13.2 Å². The van der Waals surface area contributed by atoms with Crippen molar-refractivity contribution in [2.24, 2.45) is 5.92 Å². The second-order valence-corrected chi connectivity index (χ2v) is 11.0. The number of benzene rings is 3. The number of anilines is 3. The average molecular weight is 632 g/mol. The van der Waals surface area contributed by atoms with Crippen LogP contribution in [0.2, 0.25) is 20.1 Å². The molecule has 0 aliphatic heterocycles. The summed E-state index contributed by atoms with van der Waals surface area (Å²) in [6.07, 6.45) is 0. The van der Waals surface area contributed by atoms with Crippen LogP contribution in [0.3, 0.4) is 0 Å². The number of alkyl halides is 2. The topological polar surface area (TPSA) is 84.2 Å². The van der Waals surface area contributed by atoms with Gasteiger partial charge in [0.15, 0.2) is 5.82 Å². The Morgan fingerprint density at radius 1 is 0.865 bits per heavy atom. The van der Waals surface area contributed by atoms with Gasteiger partial charge in [-0.1, -0.05) is 46.4 Å². The molecule has 1 saturated carbocycles. The first-order chi connectivity index (χ1) is 17.2. The van der Waals surface area contributed by atoms with E-state index < -0.39 is 67.4 Å². The van der Waals surface area contributed by atoms with Crippen LogP contribution in [0, 0.1) is 23.4 Å². The predicted molar refractivity (Wildman–Crippen MR) is 141 cm³/mol. The van der Waals surface area contributed by atoms with Crippen LogP contribution in [-0.2, 0) is 4.79 Å². The lowest BCUT2D eigenvalue weighted by atomic mass is 10.1. The molecular weight excluding hydrogens is 620 g/mol. The van der Waals surface area contributed by atoms with Crippen molar-refractivity contribution in [3.63, 3.8) is 0 Å². The van der Waals surface area contributed by atoms with Crippen LogP contribution in [0.15, 0.2) is 36.4 Å². The quantitative estimate of drug-likeness (QED) is 0.151.